The molecule has 1 saturated heterocycles. The summed E-state index contributed by atoms with van der Waals surface area (Å²) in [6.45, 7) is 4.92. The quantitative estimate of drug-likeness (QED) is 0.775. The molecule has 2 aromatic rings. The van der Waals surface area contributed by atoms with E-state index in [2.05, 4.69) is 15.1 Å². The van der Waals surface area contributed by atoms with Crippen molar-refractivity contribution < 1.29 is 22.7 Å². The Morgan fingerprint density at radius 1 is 1.10 bits per heavy atom. The second-order valence-corrected chi connectivity index (χ2v) is 7.31. The number of methoxy groups -OCH3 is 1. The lowest BCUT2D eigenvalue weighted by atomic mass is 10.1. The second kappa shape index (κ2) is 9.38. The van der Waals surface area contributed by atoms with E-state index < -0.39 is 11.7 Å². The number of nitrogens with one attached hydrogen (secondary N) is 1. The molecule has 30 heavy (non-hydrogen) atoms. The first-order valence-corrected chi connectivity index (χ1v) is 9.85. The zero-order valence-electron chi connectivity index (χ0n) is 17.1. The van der Waals surface area contributed by atoms with Crippen molar-refractivity contribution in [3.8, 4) is 5.75 Å². The third-order valence-electron chi connectivity index (χ3n) is 5.40. The molecule has 0 unspecified atom stereocenters. The average Bonchev–Trinajstić information content (AvgIpc) is 2.77. The molecule has 162 valence electrons. The van der Waals surface area contributed by atoms with Crippen LogP contribution < -0.4 is 15.0 Å². The van der Waals surface area contributed by atoms with E-state index in [9.17, 15) is 18.0 Å². The highest BCUT2D eigenvalue weighted by molar-refractivity contribution is 5.81. The van der Waals surface area contributed by atoms with Crippen molar-refractivity contribution in [1.29, 1.82) is 0 Å². The van der Waals surface area contributed by atoms with Crippen LogP contribution in [0.3, 0.4) is 0 Å². The van der Waals surface area contributed by atoms with E-state index in [4.69, 9.17) is 4.74 Å². The molecule has 0 aliphatic carbocycles. The molecule has 0 bridgehead atoms. The van der Waals surface area contributed by atoms with Crippen molar-refractivity contribution in [3.63, 3.8) is 0 Å². The van der Waals surface area contributed by atoms with E-state index >= 15 is 0 Å². The van der Waals surface area contributed by atoms with Crippen LogP contribution in [0.5, 0.6) is 5.75 Å². The molecule has 1 atom stereocenters. The largest absolute Gasteiger partial charge is 0.497 e. The summed E-state index contributed by atoms with van der Waals surface area (Å²) in [6.07, 6.45) is -4.39. The zero-order chi connectivity index (χ0) is 21.7. The molecule has 8 heteroatoms. The lowest BCUT2D eigenvalue weighted by molar-refractivity contribution is -0.137. The Morgan fingerprint density at radius 3 is 2.37 bits per heavy atom. The Bertz CT molecular complexity index is 847. The van der Waals surface area contributed by atoms with Crippen molar-refractivity contribution in [2.45, 2.75) is 25.7 Å². The zero-order valence-corrected chi connectivity index (χ0v) is 17.1. The predicted octanol–water partition coefficient (Wildman–Crippen LogP) is 3.54. The first-order chi connectivity index (χ1) is 14.3. The number of halogens is 3. The third-order valence-corrected chi connectivity index (χ3v) is 5.40. The van der Waals surface area contributed by atoms with Gasteiger partial charge in [0, 0.05) is 38.4 Å². The first kappa shape index (κ1) is 22.0. The molecular formula is C22H26F3N3O2. The molecule has 5 nitrogen and oxygen atoms in total. The minimum Gasteiger partial charge on any atom is -0.497 e. The summed E-state index contributed by atoms with van der Waals surface area (Å²) in [6, 6.07) is 12.5. The van der Waals surface area contributed by atoms with Crippen LogP contribution in [0, 0.1) is 0 Å². The summed E-state index contributed by atoms with van der Waals surface area (Å²) < 4.78 is 43.7. The lowest BCUT2D eigenvalue weighted by Gasteiger charge is -2.38. The molecule has 1 fully saturated rings. The van der Waals surface area contributed by atoms with Crippen LogP contribution in [-0.4, -0.2) is 50.1 Å². The summed E-state index contributed by atoms with van der Waals surface area (Å²) in [5, 5.41) is 2.75. The van der Waals surface area contributed by atoms with Crippen LogP contribution in [0.25, 0.3) is 0 Å². The van der Waals surface area contributed by atoms with E-state index in [0.29, 0.717) is 5.56 Å². The van der Waals surface area contributed by atoms with Gasteiger partial charge in [-0.05, 0) is 48.9 Å². The van der Waals surface area contributed by atoms with E-state index in [1.807, 2.05) is 31.2 Å². The number of carbonyl (C=O) groups excluding carboxylic acids is 1. The number of benzene rings is 2. The number of alkyl halides is 3. The van der Waals surface area contributed by atoms with Gasteiger partial charge in [-0.15, -0.1) is 0 Å². The van der Waals surface area contributed by atoms with Gasteiger partial charge in [-0.2, -0.15) is 13.2 Å². The Balaban J connectivity index is 1.50. The number of anilines is 1. The summed E-state index contributed by atoms with van der Waals surface area (Å²) in [5.74, 6) is 0.619. The van der Waals surface area contributed by atoms with Crippen molar-refractivity contribution in [3.05, 3.63) is 59.7 Å². The number of ether oxygens (including phenoxy) is 1. The molecule has 0 radical (unpaired) electrons. The van der Waals surface area contributed by atoms with Crippen LogP contribution in [0.2, 0.25) is 0 Å². The first-order valence-electron chi connectivity index (χ1n) is 9.85. The predicted molar refractivity (Wildman–Crippen MR) is 110 cm³/mol. The molecule has 1 aliphatic rings. The average molecular weight is 421 g/mol. The minimum absolute atomic E-state index is 0.0684. The number of hydrogen-bond donors (Lipinski definition) is 1. The van der Waals surface area contributed by atoms with Gasteiger partial charge in [-0.1, -0.05) is 12.1 Å². The van der Waals surface area contributed by atoms with Gasteiger partial charge in [0.1, 0.15) is 5.75 Å². The topological polar surface area (TPSA) is 44.8 Å². The number of hydrogen-bond acceptors (Lipinski definition) is 4. The summed E-state index contributed by atoms with van der Waals surface area (Å²) >= 11 is 0. The second-order valence-electron chi connectivity index (χ2n) is 7.31. The fraction of sp³-hybridized carbons (Fsp3) is 0.409. The van der Waals surface area contributed by atoms with Crippen LogP contribution in [0.15, 0.2) is 48.5 Å². The van der Waals surface area contributed by atoms with E-state index in [0.717, 1.165) is 49.7 Å². The summed E-state index contributed by atoms with van der Waals surface area (Å²) in [7, 11) is 1.63. The molecule has 1 amide bonds. The number of amides is 1. The monoisotopic (exact) mass is 421 g/mol. The molecule has 0 aromatic heterocycles. The highest BCUT2D eigenvalue weighted by atomic mass is 19.4. The van der Waals surface area contributed by atoms with Gasteiger partial charge in [0.05, 0.1) is 18.7 Å². The molecule has 3 rings (SSSR count). The standard InChI is InChI=1S/C22H26F3N3O2/c1-16(21(29)26-15-17-4-3-5-18(14-17)22(23,24)25)27-10-12-28(13-11-27)19-6-8-20(30-2)9-7-19/h3-9,14,16H,10-13,15H2,1-2H3,(H,26,29)/t16-/m0/s1. The molecular weight excluding hydrogens is 395 g/mol. The number of carbonyl (C=O) groups is 1. The third kappa shape index (κ3) is 5.44. The van der Waals surface area contributed by atoms with Crippen molar-refractivity contribution >= 4 is 11.6 Å². The Hall–Kier alpha value is -2.74. The van der Waals surface area contributed by atoms with Crippen molar-refractivity contribution in [2.75, 3.05) is 38.2 Å². The Labute approximate surface area is 174 Å². The summed E-state index contributed by atoms with van der Waals surface area (Å²) in [5.41, 5.74) is 0.823. The maximum atomic E-state index is 12.8. The van der Waals surface area contributed by atoms with Gasteiger partial charge in [0.25, 0.3) is 0 Å². The molecule has 2 aromatic carbocycles. The van der Waals surface area contributed by atoms with Gasteiger partial charge in [0.2, 0.25) is 5.91 Å². The fourth-order valence-corrected chi connectivity index (χ4v) is 3.52. The highest BCUT2D eigenvalue weighted by Crippen LogP contribution is 2.29. The van der Waals surface area contributed by atoms with Gasteiger partial charge in [-0.3, -0.25) is 9.69 Å². The number of piperazine rings is 1. The number of rotatable bonds is 6. The smallest absolute Gasteiger partial charge is 0.416 e. The van der Waals surface area contributed by atoms with Gasteiger partial charge < -0.3 is 15.0 Å². The maximum Gasteiger partial charge on any atom is 0.416 e. The van der Waals surface area contributed by atoms with E-state index in [1.165, 1.54) is 6.07 Å². The van der Waals surface area contributed by atoms with Crippen molar-refractivity contribution in [1.82, 2.24) is 10.2 Å². The van der Waals surface area contributed by atoms with Crippen molar-refractivity contribution in [2.24, 2.45) is 0 Å². The Morgan fingerprint density at radius 2 is 1.77 bits per heavy atom. The molecule has 0 spiro atoms. The summed E-state index contributed by atoms with van der Waals surface area (Å²) in [4.78, 5) is 16.9. The number of nitrogens with zero attached hydrogens (tertiary/aromatic N) is 2. The highest BCUT2D eigenvalue weighted by Gasteiger charge is 2.30. The fourth-order valence-electron chi connectivity index (χ4n) is 3.52. The SMILES string of the molecule is COc1ccc(N2CCN([C@@H](C)C(=O)NCc3cccc(C(F)(F)F)c3)CC2)cc1. The Kier molecular flexibility index (Phi) is 6.87. The van der Waals surface area contributed by atoms with Gasteiger partial charge in [-0.25, -0.2) is 0 Å². The van der Waals surface area contributed by atoms with E-state index in [-0.39, 0.29) is 18.5 Å². The van der Waals surface area contributed by atoms with Gasteiger partial charge in [0.15, 0.2) is 0 Å². The van der Waals surface area contributed by atoms with Crippen LogP contribution >= 0.6 is 0 Å². The molecule has 1 aliphatic heterocycles. The minimum atomic E-state index is -4.39. The molecule has 0 saturated carbocycles. The van der Waals surface area contributed by atoms with Gasteiger partial charge >= 0.3 is 6.18 Å². The molecule has 1 N–H and O–H groups in total. The van der Waals surface area contributed by atoms with E-state index in [1.54, 1.807) is 13.2 Å². The maximum absolute atomic E-state index is 12.8. The molecule has 1 heterocycles. The van der Waals surface area contributed by atoms with Crippen LogP contribution in [0.4, 0.5) is 18.9 Å². The van der Waals surface area contributed by atoms with Crippen LogP contribution in [0.1, 0.15) is 18.1 Å². The normalized spacial score (nSPS) is 16.2. The van der Waals surface area contributed by atoms with Crippen LogP contribution in [-0.2, 0) is 17.5 Å². The lowest BCUT2D eigenvalue weighted by Crippen LogP contribution is -2.53.